The molecule has 0 bridgehead atoms. The smallest absolute Gasteiger partial charge is 0.0375 e. The molecule has 1 aliphatic heterocycles. The van der Waals surface area contributed by atoms with E-state index in [9.17, 15) is 0 Å². The Labute approximate surface area is 122 Å². The highest BCUT2D eigenvalue weighted by Gasteiger charge is 2.15. The first kappa shape index (κ1) is 14.7. The molecule has 0 amide bonds. The summed E-state index contributed by atoms with van der Waals surface area (Å²) in [6.07, 6.45) is 5.94. The highest BCUT2D eigenvalue weighted by molar-refractivity contribution is 7.98. The maximum absolute atomic E-state index is 3.52. The zero-order chi connectivity index (χ0) is 13.7. The topological polar surface area (TPSA) is 15.3 Å². The van der Waals surface area contributed by atoms with Gasteiger partial charge in [-0.2, -0.15) is 11.8 Å². The third-order valence-corrected chi connectivity index (χ3v) is 4.75. The summed E-state index contributed by atoms with van der Waals surface area (Å²) in [6, 6.07) is 7.35. The lowest BCUT2D eigenvalue weighted by molar-refractivity contribution is 0.244. The number of anilines is 1. The van der Waals surface area contributed by atoms with Gasteiger partial charge in [0.05, 0.1) is 0 Å². The minimum atomic E-state index is 0.653. The monoisotopic (exact) mass is 278 g/mol. The second-order valence-corrected chi connectivity index (χ2v) is 6.50. The molecule has 106 valence electrons. The van der Waals surface area contributed by atoms with Crippen molar-refractivity contribution in [1.82, 2.24) is 4.90 Å². The molecule has 0 fully saturated rings. The van der Waals surface area contributed by atoms with Crippen LogP contribution in [0.3, 0.4) is 0 Å². The molecule has 1 N–H and O–H groups in total. The van der Waals surface area contributed by atoms with Crippen molar-refractivity contribution >= 4 is 17.4 Å². The fraction of sp³-hybridized carbons (Fsp3) is 0.625. The van der Waals surface area contributed by atoms with Gasteiger partial charge in [0.1, 0.15) is 0 Å². The fourth-order valence-electron chi connectivity index (χ4n) is 2.67. The van der Waals surface area contributed by atoms with Gasteiger partial charge < -0.3 is 5.32 Å². The van der Waals surface area contributed by atoms with Crippen molar-refractivity contribution in [3.8, 4) is 0 Å². The SMILES string of the molecule is CSCCC(C)N(C)Cc1cccc2c1CCCN2. The Morgan fingerprint density at radius 2 is 2.26 bits per heavy atom. The van der Waals surface area contributed by atoms with Crippen molar-refractivity contribution in [1.29, 1.82) is 0 Å². The number of thioether (sulfide) groups is 1. The van der Waals surface area contributed by atoms with Crippen LogP contribution in [0.5, 0.6) is 0 Å². The van der Waals surface area contributed by atoms with E-state index in [1.54, 1.807) is 0 Å². The number of nitrogens with zero attached hydrogens (tertiary/aromatic N) is 1. The van der Waals surface area contributed by atoms with E-state index in [-0.39, 0.29) is 0 Å². The van der Waals surface area contributed by atoms with E-state index < -0.39 is 0 Å². The van der Waals surface area contributed by atoms with E-state index in [1.807, 2.05) is 11.8 Å². The van der Waals surface area contributed by atoms with Gasteiger partial charge in [-0.15, -0.1) is 0 Å². The highest BCUT2D eigenvalue weighted by Crippen LogP contribution is 2.26. The molecule has 0 radical (unpaired) electrons. The van der Waals surface area contributed by atoms with Crippen molar-refractivity contribution in [2.24, 2.45) is 0 Å². The molecule has 0 saturated carbocycles. The van der Waals surface area contributed by atoms with Crippen molar-refractivity contribution < 1.29 is 0 Å². The molecule has 2 nitrogen and oxygen atoms in total. The van der Waals surface area contributed by atoms with Crippen LogP contribution >= 0.6 is 11.8 Å². The normalized spacial score (nSPS) is 16.0. The van der Waals surface area contributed by atoms with E-state index in [0.29, 0.717) is 6.04 Å². The van der Waals surface area contributed by atoms with Crippen LogP contribution in [0.1, 0.15) is 30.9 Å². The zero-order valence-electron chi connectivity index (χ0n) is 12.4. The van der Waals surface area contributed by atoms with E-state index in [0.717, 1.165) is 13.1 Å². The van der Waals surface area contributed by atoms with Gasteiger partial charge in [0.2, 0.25) is 0 Å². The van der Waals surface area contributed by atoms with Gasteiger partial charge in [-0.25, -0.2) is 0 Å². The number of hydrogen-bond acceptors (Lipinski definition) is 3. The number of benzene rings is 1. The lowest BCUT2D eigenvalue weighted by atomic mass is 9.97. The molecule has 0 aromatic heterocycles. The number of fused-ring (bicyclic) bond motifs is 1. The van der Waals surface area contributed by atoms with Crippen LogP contribution in [0.4, 0.5) is 5.69 Å². The lowest BCUT2D eigenvalue weighted by Gasteiger charge is -2.27. The molecule has 1 aliphatic rings. The Kier molecular flexibility index (Phi) is 5.59. The van der Waals surface area contributed by atoms with Crippen LogP contribution in [0.2, 0.25) is 0 Å². The summed E-state index contributed by atoms with van der Waals surface area (Å²) in [6.45, 7) is 4.53. The third-order valence-electron chi connectivity index (χ3n) is 4.10. The van der Waals surface area contributed by atoms with Gasteiger partial charge in [0, 0.05) is 24.8 Å². The average Bonchev–Trinajstić information content (AvgIpc) is 2.45. The predicted molar refractivity (Wildman–Crippen MR) is 87.2 cm³/mol. The van der Waals surface area contributed by atoms with Gasteiger partial charge in [-0.05, 0) is 62.4 Å². The van der Waals surface area contributed by atoms with E-state index >= 15 is 0 Å². The number of nitrogens with one attached hydrogen (secondary N) is 1. The molecule has 1 aromatic carbocycles. The van der Waals surface area contributed by atoms with Crippen LogP contribution in [-0.2, 0) is 13.0 Å². The molecule has 2 rings (SSSR count). The Morgan fingerprint density at radius 3 is 3.05 bits per heavy atom. The van der Waals surface area contributed by atoms with Crippen LogP contribution in [-0.4, -0.2) is 36.5 Å². The van der Waals surface area contributed by atoms with E-state index in [2.05, 4.69) is 48.6 Å². The van der Waals surface area contributed by atoms with Crippen molar-refractivity contribution in [3.63, 3.8) is 0 Å². The van der Waals surface area contributed by atoms with Crippen molar-refractivity contribution in [2.75, 3.05) is 30.9 Å². The second-order valence-electron chi connectivity index (χ2n) is 5.52. The molecule has 3 heteroatoms. The Bertz CT molecular complexity index is 406. The van der Waals surface area contributed by atoms with Crippen LogP contribution in [0, 0.1) is 0 Å². The second kappa shape index (κ2) is 7.20. The summed E-state index contributed by atoms with van der Waals surface area (Å²) >= 11 is 1.94. The summed E-state index contributed by atoms with van der Waals surface area (Å²) in [5, 5.41) is 3.52. The fourth-order valence-corrected chi connectivity index (χ4v) is 3.24. The molecule has 1 atom stereocenters. The molecule has 0 spiro atoms. The maximum atomic E-state index is 3.52. The molecule has 19 heavy (non-hydrogen) atoms. The Hall–Kier alpha value is -0.670. The van der Waals surface area contributed by atoms with E-state index in [4.69, 9.17) is 0 Å². The summed E-state index contributed by atoms with van der Waals surface area (Å²) in [7, 11) is 2.25. The largest absolute Gasteiger partial charge is 0.385 e. The van der Waals surface area contributed by atoms with Crippen LogP contribution in [0.25, 0.3) is 0 Å². The average molecular weight is 278 g/mol. The summed E-state index contributed by atoms with van der Waals surface area (Å²) < 4.78 is 0. The molecular weight excluding hydrogens is 252 g/mol. The summed E-state index contributed by atoms with van der Waals surface area (Å²) in [5.41, 5.74) is 4.40. The van der Waals surface area contributed by atoms with Gasteiger partial charge in [-0.3, -0.25) is 4.90 Å². The van der Waals surface area contributed by atoms with Crippen molar-refractivity contribution in [3.05, 3.63) is 29.3 Å². The first-order chi connectivity index (χ1) is 9.22. The first-order valence-electron chi connectivity index (χ1n) is 7.26. The number of hydrogen-bond donors (Lipinski definition) is 1. The molecule has 0 aliphatic carbocycles. The lowest BCUT2D eigenvalue weighted by Crippen LogP contribution is -2.29. The molecular formula is C16H26N2S. The van der Waals surface area contributed by atoms with Gasteiger partial charge in [0.25, 0.3) is 0 Å². The molecule has 0 saturated heterocycles. The van der Waals surface area contributed by atoms with Crippen molar-refractivity contribution in [2.45, 2.75) is 38.8 Å². The zero-order valence-corrected chi connectivity index (χ0v) is 13.2. The molecule has 1 heterocycles. The standard InChI is InChI=1S/C16H26N2S/c1-13(9-11-19-3)18(2)12-14-6-4-8-16-15(14)7-5-10-17-16/h4,6,8,13,17H,5,7,9-12H2,1-3H3. The molecule has 1 unspecified atom stereocenters. The van der Waals surface area contributed by atoms with Gasteiger partial charge in [-0.1, -0.05) is 12.1 Å². The third kappa shape index (κ3) is 3.90. The minimum Gasteiger partial charge on any atom is -0.385 e. The van der Waals surface area contributed by atoms with Crippen LogP contribution in [0.15, 0.2) is 18.2 Å². The predicted octanol–water partition coefficient (Wildman–Crippen LogP) is 3.62. The first-order valence-corrected chi connectivity index (χ1v) is 8.65. The van der Waals surface area contributed by atoms with Gasteiger partial charge >= 0.3 is 0 Å². The molecule has 1 aromatic rings. The summed E-state index contributed by atoms with van der Waals surface area (Å²) in [4.78, 5) is 2.49. The Morgan fingerprint density at radius 1 is 1.42 bits per heavy atom. The van der Waals surface area contributed by atoms with E-state index in [1.165, 1.54) is 41.8 Å². The maximum Gasteiger partial charge on any atom is 0.0375 e. The highest BCUT2D eigenvalue weighted by atomic mass is 32.2. The van der Waals surface area contributed by atoms with Crippen LogP contribution < -0.4 is 5.32 Å². The Balaban J connectivity index is 2.02. The quantitative estimate of drug-likeness (QED) is 0.855. The number of rotatable bonds is 6. The minimum absolute atomic E-state index is 0.653. The summed E-state index contributed by atoms with van der Waals surface area (Å²) in [5.74, 6) is 1.25. The van der Waals surface area contributed by atoms with Gasteiger partial charge in [0.15, 0.2) is 0 Å².